The molecule has 0 aliphatic rings. The van der Waals surface area contributed by atoms with Crippen LogP contribution >= 0.6 is 0 Å². The van der Waals surface area contributed by atoms with Crippen LogP contribution in [0.3, 0.4) is 0 Å². The first kappa shape index (κ1) is 15.7. The van der Waals surface area contributed by atoms with Gasteiger partial charge in [0.2, 0.25) is 5.95 Å². The smallest absolute Gasteiger partial charge is 0.224 e. The van der Waals surface area contributed by atoms with Crippen molar-refractivity contribution in [1.82, 2.24) is 9.97 Å². The lowest BCUT2D eigenvalue weighted by molar-refractivity contribution is 0.000640. The number of nitrogens with zero attached hydrogens (tertiary/aromatic N) is 2. The summed E-state index contributed by atoms with van der Waals surface area (Å²) in [5.41, 5.74) is 0.746. The van der Waals surface area contributed by atoms with Gasteiger partial charge in [-0.3, -0.25) is 0 Å². The van der Waals surface area contributed by atoms with E-state index >= 15 is 0 Å². The van der Waals surface area contributed by atoms with E-state index in [1.54, 1.807) is 0 Å². The van der Waals surface area contributed by atoms with Crippen LogP contribution in [0.4, 0.5) is 11.8 Å². The molecule has 0 aromatic carbocycles. The van der Waals surface area contributed by atoms with Crippen LogP contribution in [0, 0.1) is 6.92 Å². The summed E-state index contributed by atoms with van der Waals surface area (Å²) in [5, 5.41) is 6.52. The van der Waals surface area contributed by atoms with Gasteiger partial charge in [-0.2, -0.15) is 4.98 Å². The molecule has 0 amide bonds. The summed E-state index contributed by atoms with van der Waals surface area (Å²) in [6, 6.07) is 1.94. The minimum Gasteiger partial charge on any atom is -0.374 e. The summed E-state index contributed by atoms with van der Waals surface area (Å²) in [6.45, 7) is 12.5. The lowest BCUT2D eigenvalue weighted by Crippen LogP contribution is -2.33. The monoisotopic (exact) mass is 266 g/mol. The minimum atomic E-state index is -0.204. The van der Waals surface area contributed by atoms with E-state index in [2.05, 4.69) is 41.4 Å². The van der Waals surface area contributed by atoms with Crippen LogP contribution in [0.25, 0.3) is 0 Å². The highest BCUT2D eigenvalue weighted by Gasteiger charge is 2.17. The topological polar surface area (TPSA) is 59.1 Å². The predicted octanol–water partition coefficient (Wildman–Crippen LogP) is 2.83. The molecule has 0 saturated carbocycles. The fraction of sp³-hybridized carbons (Fsp3) is 0.714. The molecule has 1 aromatic rings. The maximum Gasteiger partial charge on any atom is 0.224 e. The normalized spacial score (nSPS) is 11.4. The molecule has 1 aromatic heterocycles. The van der Waals surface area contributed by atoms with Crippen molar-refractivity contribution >= 4 is 11.8 Å². The molecule has 0 aliphatic heterocycles. The van der Waals surface area contributed by atoms with Crippen molar-refractivity contribution < 1.29 is 4.74 Å². The number of nitrogens with one attached hydrogen (secondary N) is 2. The van der Waals surface area contributed by atoms with Gasteiger partial charge in [-0.05, 0) is 34.1 Å². The van der Waals surface area contributed by atoms with E-state index in [0.29, 0.717) is 19.1 Å². The zero-order chi connectivity index (χ0) is 14.3. The molecule has 1 rings (SSSR count). The Morgan fingerprint density at radius 1 is 1.21 bits per heavy atom. The Hall–Kier alpha value is -1.36. The van der Waals surface area contributed by atoms with E-state index in [9.17, 15) is 0 Å². The fourth-order valence-corrected chi connectivity index (χ4v) is 1.72. The molecule has 0 spiro atoms. The van der Waals surface area contributed by atoms with Crippen molar-refractivity contribution in [2.45, 2.75) is 46.6 Å². The second kappa shape index (κ2) is 7.28. The summed E-state index contributed by atoms with van der Waals surface area (Å²) in [6.07, 6.45) is 1.05. The van der Waals surface area contributed by atoms with Crippen molar-refractivity contribution in [3.05, 3.63) is 11.8 Å². The average molecular weight is 266 g/mol. The van der Waals surface area contributed by atoms with E-state index in [4.69, 9.17) is 4.74 Å². The predicted molar refractivity (Wildman–Crippen MR) is 79.7 cm³/mol. The van der Waals surface area contributed by atoms with Crippen molar-refractivity contribution in [2.24, 2.45) is 0 Å². The first-order valence-corrected chi connectivity index (χ1v) is 6.94. The summed E-state index contributed by atoms with van der Waals surface area (Å²) in [7, 11) is 0. The summed E-state index contributed by atoms with van der Waals surface area (Å²) < 4.78 is 5.65. The summed E-state index contributed by atoms with van der Waals surface area (Å²) in [4.78, 5) is 8.80. The van der Waals surface area contributed by atoms with E-state index in [-0.39, 0.29) is 5.60 Å². The third kappa shape index (κ3) is 5.87. The maximum absolute atomic E-state index is 5.65. The zero-order valence-corrected chi connectivity index (χ0v) is 12.7. The van der Waals surface area contributed by atoms with Gasteiger partial charge in [0.25, 0.3) is 0 Å². The third-order valence-electron chi connectivity index (χ3n) is 2.62. The van der Waals surface area contributed by atoms with E-state index < -0.39 is 0 Å². The average Bonchev–Trinajstić information content (AvgIpc) is 2.33. The molecule has 0 saturated heterocycles. The van der Waals surface area contributed by atoms with Gasteiger partial charge in [-0.15, -0.1) is 0 Å². The molecule has 2 N–H and O–H groups in total. The van der Waals surface area contributed by atoms with Crippen LogP contribution in [0.2, 0.25) is 0 Å². The van der Waals surface area contributed by atoms with Gasteiger partial charge < -0.3 is 15.4 Å². The first-order chi connectivity index (χ1) is 8.96. The van der Waals surface area contributed by atoms with Gasteiger partial charge >= 0.3 is 0 Å². The van der Waals surface area contributed by atoms with Crippen LogP contribution in [-0.4, -0.2) is 35.3 Å². The molecule has 0 bridgehead atoms. The van der Waals surface area contributed by atoms with Crippen molar-refractivity contribution in [1.29, 1.82) is 0 Å². The van der Waals surface area contributed by atoms with Gasteiger partial charge in [-0.25, -0.2) is 4.98 Å². The van der Waals surface area contributed by atoms with Crippen molar-refractivity contribution in [3.63, 3.8) is 0 Å². The largest absolute Gasteiger partial charge is 0.374 e. The highest BCUT2D eigenvalue weighted by Crippen LogP contribution is 2.13. The molecular weight excluding hydrogens is 240 g/mol. The van der Waals surface area contributed by atoms with Crippen LogP contribution in [0.15, 0.2) is 6.07 Å². The molecule has 0 unspecified atom stereocenters. The van der Waals surface area contributed by atoms with Crippen molar-refractivity contribution in [3.8, 4) is 0 Å². The number of anilines is 2. The number of aryl methyl sites for hydroxylation is 1. The second-order valence-electron chi connectivity index (χ2n) is 5.19. The Labute approximate surface area is 116 Å². The number of rotatable bonds is 8. The molecule has 0 fully saturated rings. The van der Waals surface area contributed by atoms with Gasteiger partial charge in [0.05, 0.1) is 5.60 Å². The number of hydrogen-bond donors (Lipinski definition) is 2. The molecule has 0 aliphatic carbocycles. The Kier molecular flexibility index (Phi) is 6.02. The third-order valence-corrected chi connectivity index (χ3v) is 2.62. The SMILES string of the molecule is CCCNc1nc(C)cc(NCC(C)(C)OCC)n1. The van der Waals surface area contributed by atoms with Crippen LogP contribution in [0.1, 0.15) is 39.8 Å². The quantitative estimate of drug-likeness (QED) is 0.757. The van der Waals surface area contributed by atoms with Crippen molar-refractivity contribution in [2.75, 3.05) is 30.3 Å². The number of ether oxygens (including phenoxy) is 1. The molecule has 5 heteroatoms. The molecule has 108 valence electrons. The highest BCUT2D eigenvalue weighted by atomic mass is 16.5. The van der Waals surface area contributed by atoms with Crippen LogP contribution < -0.4 is 10.6 Å². The van der Waals surface area contributed by atoms with Gasteiger partial charge in [0.15, 0.2) is 0 Å². The Bertz CT molecular complexity index is 393. The van der Waals surface area contributed by atoms with Gasteiger partial charge in [0, 0.05) is 31.5 Å². The zero-order valence-electron chi connectivity index (χ0n) is 12.7. The van der Waals surface area contributed by atoms with Crippen LogP contribution in [0.5, 0.6) is 0 Å². The molecule has 1 heterocycles. The van der Waals surface area contributed by atoms with E-state index in [1.807, 2.05) is 19.9 Å². The Morgan fingerprint density at radius 3 is 2.58 bits per heavy atom. The highest BCUT2D eigenvalue weighted by molar-refractivity contribution is 5.42. The van der Waals surface area contributed by atoms with Gasteiger partial charge in [0.1, 0.15) is 5.82 Å². The van der Waals surface area contributed by atoms with Crippen LogP contribution in [-0.2, 0) is 4.74 Å². The second-order valence-corrected chi connectivity index (χ2v) is 5.19. The Balaban J connectivity index is 2.65. The molecule has 5 nitrogen and oxygen atoms in total. The summed E-state index contributed by atoms with van der Waals surface area (Å²) in [5.74, 6) is 1.51. The van der Waals surface area contributed by atoms with E-state index in [0.717, 1.165) is 24.5 Å². The van der Waals surface area contributed by atoms with E-state index in [1.165, 1.54) is 0 Å². The fourth-order valence-electron chi connectivity index (χ4n) is 1.72. The molecule has 0 atom stereocenters. The Morgan fingerprint density at radius 2 is 1.95 bits per heavy atom. The summed E-state index contributed by atoms with van der Waals surface area (Å²) >= 11 is 0. The minimum absolute atomic E-state index is 0.204. The standard InChI is InChI=1S/C14H26N4O/c1-6-8-15-13-17-11(3)9-12(18-13)16-10-14(4,5)19-7-2/h9H,6-8,10H2,1-5H3,(H2,15,16,17,18). The maximum atomic E-state index is 5.65. The number of aromatic nitrogens is 2. The number of hydrogen-bond acceptors (Lipinski definition) is 5. The first-order valence-electron chi connectivity index (χ1n) is 6.94. The lowest BCUT2D eigenvalue weighted by atomic mass is 10.1. The molecule has 19 heavy (non-hydrogen) atoms. The molecular formula is C14H26N4O. The lowest BCUT2D eigenvalue weighted by Gasteiger charge is -2.25. The molecule has 0 radical (unpaired) electrons. The van der Waals surface area contributed by atoms with Gasteiger partial charge in [-0.1, -0.05) is 6.92 Å².